The van der Waals surface area contributed by atoms with E-state index in [1.54, 1.807) is 12.3 Å². The van der Waals surface area contributed by atoms with Gasteiger partial charge in [-0.1, -0.05) is 6.07 Å². The molecule has 1 aliphatic rings. The Bertz CT molecular complexity index is 728. The number of aryl methyl sites for hydroxylation is 1. The van der Waals surface area contributed by atoms with Gasteiger partial charge in [0.25, 0.3) is 0 Å². The molecule has 0 aliphatic carbocycles. The molecule has 2 aromatic rings. The fourth-order valence-corrected chi connectivity index (χ4v) is 2.42. The topological polar surface area (TPSA) is 48.3 Å². The van der Waals surface area contributed by atoms with Crippen LogP contribution in [0.3, 0.4) is 0 Å². The molecular formula is C14H13NO3. The van der Waals surface area contributed by atoms with Crippen molar-refractivity contribution in [3.8, 4) is 5.75 Å². The van der Waals surface area contributed by atoms with Gasteiger partial charge in [-0.2, -0.15) is 0 Å². The van der Waals surface area contributed by atoms with Gasteiger partial charge in [0.2, 0.25) is 0 Å². The summed E-state index contributed by atoms with van der Waals surface area (Å²) in [5.74, 6) is 0.560. The monoisotopic (exact) mass is 243 g/mol. The zero-order valence-electron chi connectivity index (χ0n) is 10.3. The minimum absolute atomic E-state index is 0.195. The third kappa shape index (κ3) is 1.38. The number of ketones is 1. The molecule has 4 nitrogen and oxygen atoms in total. The number of hydrogen-bond acceptors (Lipinski definition) is 3. The van der Waals surface area contributed by atoms with E-state index in [-0.39, 0.29) is 16.8 Å². The maximum absolute atomic E-state index is 12.2. The number of Topliss-reactive ketones (excluding diaryl/α,β-unsaturated/α-hetero) is 1. The zero-order chi connectivity index (χ0) is 12.9. The van der Waals surface area contributed by atoms with E-state index in [2.05, 4.69) is 0 Å². The summed E-state index contributed by atoms with van der Waals surface area (Å²) in [6.07, 6.45) is 1.65. The number of benzene rings is 1. The highest BCUT2D eigenvalue weighted by Gasteiger charge is 2.19. The Morgan fingerprint density at radius 3 is 2.89 bits per heavy atom. The van der Waals surface area contributed by atoms with E-state index in [9.17, 15) is 9.59 Å². The second-order valence-electron chi connectivity index (χ2n) is 4.58. The summed E-state index contributed by atoms with van der Waals surface area (Å²) in [5, 5.41) is 0.558. The van der Waals surface area contributed by atoms with Gasteiger partial charge >= 0.3 is 0 Å². The van der Waals surface area contributed by atoms with Gasteiger partial charge < -0.3 is 9.30 Å². The molecule has 92 valence electrons. The third-order valence-corrected chi connectivity index (χ3v) is 3.35. The standard InChI is InChI=1S/C14H13NO3/c1-8-3-4-10-12-14(8)18-6-5-15(12)7-11(9(2)16)13(10)17/h3-4,7H,5-6H2,1-2H3. The molecular weight excluding hydrogens is 230 g/mol. The number of rotatable bonds is 1. The Labute approximate surface area is 104 Å². The number of ether oxygens (including phenoxy) is 1. The van der Waals surface area contributed by atoms with E-state index < -0.39 is 0 Å². The quantitative estimate of drug-likeness (QED) is 0.719. The van der Waals surface area contributed by atoms with Crippen LogP contribution < -0.4 is 10.2 Å². The van der Waals surface area contributed by atoms with Crippen LogP contribution in [0.1, 0.15) is 22.8 Å². The average Bonchev–Trinajstić information content (AvgIpc) is 2.35. The molecule has 0 bridgehead atoms. The highest BCUT2D eigenvalue weighted by Crippen LogP contribution is 2.30. The van der Waals surface area contributed by atoms with Gasteiger partial charge in [0.15, 0.2) is 11.2 Å². The predicted molar refractivity (Wildman–Crippen MR) is 68.4 cm³/mol. The molecule has 4 heteroatoms. The summed E-state index contributed by atoms with van der Waals surface area (Å²) in [7, 11) is 0. The summed E-state index contributed by atoms with van der Waals surface area (Å²) >= 11 is 0. The first kappa shape index (κ1) is 11.0. The van der Waals surface area contributed by atoms with Crippen molar-refractivity contribution in [1.29, 1.82) is 0 Å². The van der Waals surface area contributed by atoms with Crippen LogP contribution in [0.4, 0.5) is 0 Å². The SMILES string of the molecule is CC(=O)c1cn2c3c(c(C)ccc3c1=O)OCC2. The average molecular weight is 243 g/mol. The molecule has 0 radical (unpaired) electrons. The van der Waals surface area contributed by atoms with Crippen LogP contribution in [0, 0.1) is 6.92 Å². The maximum atomic E-state index is 12.2. The highest BCUT2D eigenvalue weighted by atomic mass is 16.5. The molecule has 0 fully saturated rings. The first-order valence-electron chi connectivity index (χ1n) is 5.90. The first-order chi connectivity index (χ1) is 8.59. The van der Waals surface area contributed by atoms with Crippen LogP contribution in [0.2, 0.25) is 0 Å². The van der Waals surface area contributed by atoms with Gasteiger partial charge in [-0.25, -0.2) is 0 Å². The van der Waals surface area contributed by atoms with E-state index in [1.165, 1.54) is 6.92 Å². The van der Waals surface area contributed by atoms with Gasteiger partial charge in [-0.05, 0) is 25.5 Å². The van der Waals surface area contributed by atoms with E-state index >= 15 is 0 Å². The second kappa shape index (κ2) is 3.70. The number of carbonyl (C=O) groups is 1. The predicted octanol–water partition coefficient (Wildman–Crippen LogP) is 1.90. The Kier molecular flexibility index (Phi) is 2.26. The summed E-state index contributed by atoms with van der Waals surface area (Å²) in [4.78, 5) is 23.7. The lowest BCUT2D eigenvalue weighted by molar-refractivity contribution is 0.101. The molecule has 0 N–H and O–H groups in total. The fraction of sp³-hybridized carbons (Fsp3) is 0.286. The lowest BCUT2D eigenvalue weighted by atomic mass is 10.1. The molecule has 0 atom stereocenters. The maximum Gasteiger partial charge on any atom is 0.200 e. The van der Waals surface area contributed by atoms with E-state index in [1.807, 2.05) is 17.6 Å². The molecule has 0 spiro atoms. The molecule has 3 rings (SSSR count). The van der Waals surface area contributed by atoms with Crippen LogP contribution in [0.5, 0.6) is 5.75 Å². The Morgan fingerprint density at radius 2 is 2.17 bits per heavy atom. The zero-order valence-corrected chi connectivity index (χ0v) is 10.3. The van der Waals surface area contributed by atoms with Crippen molar-refractivity contribution in [3.05, 3.63) is 39.7 Å². The highest BCUT2D eigenvalue weighted by molar-refractivity contribution is 5.98. The molecule has 1 aliphatic heterocycles. The van der Waals surface area contributed by atoms with Crippen LogP contribution in [0.25, 0.3) is 10.9 Å². The molecule has 18 heavy (non-hydrogen) atoms. The minimum atomic E-state index is -0.208. The van der Waals surface area contributed by atoms with Gasteiger partial charge in [-0.3, -0.25) is 9.59 Å². The number of aromatic nitrogens is 1. The van der Waals surface area contributed by atoms with E-state index in [0.717, 1.165) is 16.8 Å². The smallest absolute Gasteiger partial charge is 0.200 e. The molecule has 0 saturated carbocycles. The van der Waals surface area contributed by atoms with Crippen molar-refractivity contribution in [3.63, 3.8) is 0 Å². The number of pyridine rings is 1. The largest absolute Gasteiger partial charge is 0.489 e. The van der Waals surface area contributed by atoms with Crippen molar-refractivity contribution < 1.29 is 9.53 Å². The summed E-state index contributed by atoms with van der Waals surface area (Å²) in [6.45, 7) is 4.60. The first-order valence-corrected chi connectivity index (χ1v) is 5.90. The normalized spacial score (nSPS) is 13.4. The van der Waals surface area contributed by atoms with Crippen LogP contribution in [-0.2, 0) is 6.54 Å². The summed E-state index contributed by atoms with van der Waals surface area (Å²) in [5.41, 5.74) is 1.85. The van der Waals surface area contributed by atoms with Crippen molar-refractivity contribution in [1.82, 2.24) is 4.57 Å². The second-order valence-corrected chi connectivity index (χ2v) is 4.58. The van der Waals surface area contributed by atoms with Gasteiger partial charge in [0.1, 0.15) is 12.4 Å². The van der Waals surface area contributed by atoms with Gasteiger partial charge in [0.05, 0.1) is 23.0 Å². The summed E-state index contributed by atoms with van der Waals surface area (Å²) in [6, 6.07) is 3.63. The fourth-order valence-electron chi connectivity index (χ4n) is 2.42. The van der Waals surface area contributed by atoms with Crippen LogP contribution in [0.15, 0.2) is 23.1 Å². The molecule has 0 unspecified atom stereocenters. The minimum Gasteiger partial charge on any atom is -0.489 e. The Hall–Kier alpha value is -2.10. The number of nitrogens with zero attached hydrogens (tertiary/aromatic N) is 1. The lowest BCUT2D eigenvalue weighted by Gasteiger charge is -2.22. The summed E-state index contributed by atoms with van der Waals surface area (Å²) < 4.78 is 7.58. The van der Waals surface area contributed by atoms with Gasteiger partial charge in [-0.15, -0.1) is 0 Å². The Balaban J connectivity index is 2.52. The number of carbonyl (C=O) groups excluding carboxylic acids is 1. The van der Waals surface area contributed by atoms with Gasteiger partial charge in [0, 0.05) is 6.20 Å². The van der Waals surface area contributed by atoms with Crippen molar-refractivity contribution in [2.24, 2.45) is 0 Å². The Morgan fingerprint density at radius 1 is 1.39 bits per heavy atom. The van der Waals surface area contributed by atoms with Crippen molar-refractivity contribution >= 4 is 16.7 Å². The lowest BCUT2D eigenvalue weighted by Crippen LogP contribution is -2.23. The van der Waals surface area contributed by atoms with Crippen LogP contribution in [-0.4, -0.2) is 17.0 Å². The van der Waals surface area contributed by atoms with Crippen LogP contribution >= 0.6 is 0 Å². The third-order valence-electron chi connectivity index (χ3n) is 3.35. The van der Waals surface area contributed by atoms with Crippen molar-refractivity contribution in [2.75, 3.05) is 6.61 Å². The number of hydrogen-bond donors (Lipinski definition) is 0. The van der Waals surface area contributed by atoms with E-state index in [4.69, 9.17) is 4.74 Å². The molecule has 1 aromatic heterocycles. The molecule has 1 aromatic carbocycles. The molecule has 0 saturated heterocycles. The van der Waals surface area contributed by atoms with Crippen molar-refractivity contribution in [2.45, 2.75) is 20.4 Å². The molecule has 0 amide bonds. The molecule has 2 heterocycles. The van der Waals surface area contributed by atoms with E-state index in [0.29, 0.717) is 18.5 Å².